The zero-order chi connectivity index (χ0) is 11.5. The number of nitrogen functional groups attached to an aromatic ring is 1. The van der Waals surface area contributed by atoms with Crippen LogP contribution in [0.1, 0.15) is 16.8 Å². The third kappa shape index (κ3) is 2.54. The molecule has 1 fully saturated rings. The van der Waals surface area contributed by atoms with Gasteiger partial charge in [-0.25, -0.2) is 0 Å². The molecule has 0 aliphatic carbocycles. The Morgan fingerprint density at radius 3 is 3.00 bits per heavy atom. The van der Waals surface area contributed by atoms with Crippen LogP contribution in [0.15, 0.2) is 22.7 Å². The molecule has 1 amide bonds. The number of nitrogens with two attached hydrogens (primary N) is 1. The highest BCUT2D eigenvalue weighted by molar-refractivity contribution is 9.10. The number of halogens is 1. The van der Waals surface area contributed by atoms with E-state index in [2.05, 4.69) is 21.2 Å². The molecule has 0 bridgehead atoms. The first-order valence-electron chi connectivity index (χ1n) is 5.10. The summed E-state index contributed by atoms with van der Waals surface area (Å²) in [6.45, 7) is 1.31. The number of benzene rings is 1. The van der Waals surface area contributed by atoms with Gasteiger partial charge in [0.2, 0.25) is 0 Å². The highest BCUT2D eigenvalue weighted by atomic mass is 79.9. The van der Waals surface area contributed by atoms with E-state index in [1.807, 2.05) is 0 Å². The summed E-state index contributed by atoms with van der Waals surface area (Å²) in [6.07, 6.45) is 0.873. The summed E-state index contributed by atoms with van der Waals surface area (Å²) in [5, 5.41) is 2.91. The lowest BCUT2D eigenvalue weighted by atomic mass is 10.1. The number of carbonyl (C=O) groups excluding carboxylic acids is 1. The van der Waals surface area contributed by atoms with E-state index in [0.717, 1.165) is 10.9 Å². The average molecular weight is 285 g/mol. The van der Waals surface area contributed by atoms with Gasteiger partial charge in [0.15, 0.2) is 0 Å². The Kier molecular flexibility index (Phi) is 3.46. The number of rotatable bonds is 2. The maximum atomic E-state index is 11.8. The molecule has 1 aliphatic rings. The molecular formula is C11H13BrN2O2. The van der Waals surface area contributed by atoms with E-state index in [4.69, 9.17) is 10.5 Å². The van der Waals surface area contributed by atoms with Gasteiger partial charge in [-0.05, 0) is 40.5 Å². The van der Waals surface area contributed by atoms with Crippen molar-refractivity contribution in [3.63, 3.8) is 0 Å². The summed E-state index contributed by atoms with van der Waals surface area (Å²) >= 11 is 3.29. The van der Waals surface area contributed by atoms with Crippen molar-refractivity contribution in [3.05, 3.63) is 28.2 Å². The van der Waals surface area contributed by atoms with Crippen LogP contribution in [0.3, 0.4) is 0 Å². The zero-order valence-electron chi connectivity index (χ0n) is 8.70. The van der Waals surface area contributed by atoms with E-state index in [9.17, 15) is 4.79 Å². The second-order valence-corrected chi connectivity index (χ2v) is 4.62. The van der Waals surface area contributed by atoms with Gasteiger partial charge in [-0.2, -0.15) is 0 Å². The molecule has 1 saturated heterocycles. The van der Waals surface area contributed by atoms with Crippen LogP contribution < -0.4 is 11.1 Å². The van der Waals surface area contributed by atoms with Crippen molar-refractivity contribution in [2.24, 2.45) is 0 Å². The lowest BCUT2D eigenvalue weighted by molar-refractivity contribution is 0.0930. The summed E-state index contributed by atoms with van der Waals surface area (Å²) in [5.74, 6) is -0.102. The summed E-state index contributed by atoms with van der Waals surface area (Å²) in [5.41, 5.74) is 6.86. The minimum Gasteiger partial charge on any atom is -0.398 e. The number of nitrogens with one attached hydrogen (secondary N) is 1. The van der Waals surface area contributed by atoms with E-state index < -0.39 is 0 Å². The maximum Gasteiger partial charge on any atom is 0.251 e. The van der Waals surface area contributed by atoms with Gasteiger partial charge < -0.3 is 15.8 Å². The van der Waals surface area contributed by atoms with Crippen molar-refractivity contribution in [1.82, 2.24) is 5.32 Å². The number of amides is 1. The van der Waals surface area contributed by atoms with Crippen molar-refractivity contribution in [3.8, 4) is 0 Å². The number of carbonyl (C=O) groups is 1. The molecule has 1 aliphatic heterocycles. The first-order valence-corrected chi connectivity index (χ1v) is 5.90. The lowest BCUT2D eigenvalue weighted by Crippen LogP contribution is -2.35. The van der Waals surface area contributed by atoms with Crippen molar-refractivity contribution in [2.45, 2.75) is 12.5 Å². The summed E-state index contributed by atoms with van der Waals surface area (Å²) in [4.78, 5) is 11.8. The molecule has 0 radical (unpaired) electrons. The van der Waals surface area contributed by atoms with Gasteiger partial charge in [-0.3, -0.25) is 4.79 Å². The third-order valence-corrected chi connectivity index (χ3v) is 3.25. The molecule has 86 valence electrons. The predicted octanol–water partition coefficient (Wildman–Crippen LogP) is 1.55. The topological polar surface area (TPSA) is 64.4 Å². The van der Waals surface area contributed by atoms with Crippen molar-refractivity contribution in [1.29, 1.82) is 0 Å². The smallest absolute Gasteiger partial charge is 0.251 e. The Morgan fingerprint density at radius 1 is 1.56 bits per heavy atom. The number of hydrogen-bond acceptors (Lipinski definition) is 3. The second kappa shape index (κ2) is 4.84. The fourth-order valence-electron chi connectivity index (χ4n) is 1.60. The first kappa shape index (κ1) is 11.4. The molecule has 1 aromatic rings. The highest BCUT2D eigenvalue weighted by Crippen LogP contribution is 2.20. The molecule has 0 saturated carbocycles. The minimum absolute atomic E-state index is 0.102. The Hall–Kier alpha value is -1.07. The minimum atomic E-state index is -0.102. The third-order valence-electron chi connectivity index (χ3n) is 2.52. The Morgan fingerprint density at radius 2 is 2.38 bits per heavy atom. The molecule has 1 aromatic carbocycles. The van der Waals surface area contributed by atoms with Gasteiger partial charge in [0.1, 0.15) is 0 Å². The molecule has 4 nitrogen and oxygen atoms in total. The monoisotopic (exact) mass is 284 g/mol. The van der Waals surface area contributed by atoms with Crippen LogP contribution in [0, 0.1) is 0 Å². The van der Waals surface area contributed by atoms with Crippen LogP contribution in [-0.4, -0.2) is 25.2 Å². The van der Waals surface area contributed by atoms with Crippen LogP contribution in [-0.2, 0) is 4.74 Å². The molecule has 1 heterocycles. The molecular weight excluding hydrogens is 272 g/mol. The highest BCUT2D eigenvalue weighted by Gasteiger charge is 2.18. The van der Waals surface area contributed by atoms with Gasteiger partial charge in [-0.15, -0.1) is 0 Å². The molecule has 1 atom stereocenters. The Labute approximate surface area is 102 Å². The largest absolute Gasteiger partial charge is 0.398 e. The second-order valence-electron chi connectivity index (χ2n) is 3.77. The number of ether oxygens (including phenoxy) is 1. The van der Waals surface area contributed by atoms with Crippen LogP contribution in [0.5, 0.6) is 0 Å². The van der Waals surface area contributed by atoms with Crippen molar-refractivity contribution in [2.75, 3.05) is 18.9 Å². The number of hydrogen-bond donors (Lipinski definition) is 2. The van der Waals surface area contributed by atoms with E-state index in [-0.39, 0.29) is 11.9 Å². The van der Waals surface area contributed by atoms with Crippen LogP contribution in [0.4, 0.5) is 5.69 Å². The first-order chi connectivity index (χ1) is 7.66. The Bertz CT molecular complexity index is 403. The van der Waals surface area contributed by atoms with Crippen LogP contribution >= 0.6 is 15.9 Å². The average Bonchev–Trinajstić information content (AvgIpc) is 2.74. The molecule has 16 heavy (non-hydrogen) atoms. The van der Waals surface area contributed by atoms with Gasteiger partial charge in [0, 0.05) is 22.3 Å². The van der Waals surface area contributed by atoms with Crippen molar-refractivity contribution >= 4 is 27.5 Å². The van der Waals surface area contributed by atoms with Gasteiger partial charge in [-0.1, -0.05) is 0 Å². The van der Waals surface area contributed by atoms with E-state index in [1.165, 1.54) is 0 Å². The van der Waals surface area contributed by atoms with E-state index >= 15 is 0 Å². The quantitative estimate of drug-likeness (QED) is 0.810. The molecule has 0 spiro atoms. The predicted molar refractivity (Wildman–Crippen MR) is 65.2 cm³/mol. The van der Waals surface area contributed by atoms with Crippen LogP contribution in [0.25, 0.3) is 0 Å². The molecule has 2 rings (SSSR count). The maximum absolute atomic E-state index is 11.8. The van der Waals surface area contributed by atoms with Gasteiger partial charge in [0.05, 0.1) is 12.6 Å². The summed E-state index contributed by atoms with van der Waals surface area (Å²) in [6, 6.07) is 5.30. The molecule has 0 aromatic heterocycles. The summed E-state index contributed by atoms with van der Waals surface area (Å²) < 4.78 is 5.99. The zero-order valence-corrected chi connectivity index (χ0v) is 10.3. The lowest BCUT2D eigenvalue weighted by Gasteiger charge is -2.11. The fraction of sp³-hybridized carbons (Fsp3) is 0.364. The molecule has 5 heteroatoms. The van der Waals surface area contributed by atoms with Gasteiger partial charge in [0.25, 0.3) is 5.91 Å². The van der Waals surface area contributed by atoms with Crippen LogP contribution in [0.2, 0.25) is 0 Å². The molecule has 3 N–H and O–H groups in total. The van der Waals surface area contributed by atoms with E-state index in [1.54, 1.807) is 18.2 Å². The summed E-state index contributed by atoms with van der Waals surface area (Å²) in [7, 11) is 0. The number of anilines is 1. The standard InChI is InChI=1S/C11H13BrN2O2/c12-9-2-1-7(5-10(9)13)11(15)14-8-3-4-16-6-8/h1-2,5,8H,3-4,6,13H2,(H,14,15). The van der Waals surface area contributed by atoms with Gasteiger partial charge >= 0.3 is 0 Å². The fourth-order valence-corrected chi connectivity index (χ4v) is 1.85. The SMILES string of the molecule is Nc1cc(C(=O)NC2CCOC2)ccc1Br. The van der Waals surface area contributed by atoms with Crippen molar-refractivity contribution < 1.29 is 9.53 Å². The van der Waals surface area contributed by atoms with E-state index in [0.29, 0.717) is 24.5 Å². The molecule has 1 unspecified atom stereocenters. The Balaban J connectivity index is 2.05. The normalized spacial score (nSPS) is 19.7.